The minimum Gasteiger partial charge on any atom is -0.481 e. The summed E-state index contributed by atoms with van der Waals surface area (Å²) in [6.45, 7) is 8.40. The summed E-state index contributed by atoms with van der Waals surface area (Å²) in [5.74, 6) is -0.653. The molecule has 0 amide bonds. The number of aryl methyl sites for hydroxylation is 1. The molecule has 0 aliphatic heterocycles. The molecule has 1 aromatic rings. The van der Waals surface area contributed by atoms with E-state index in [-0.39, 0.29) is 5.54 Å². The summed E-state index contributed by atoms with van der Waals surface area (Å²) >= 11 is 0. The third-order valence-corrected chi connectivity index (χ3v) is 5.83. The van der Waals surface area contributed by atoms with E-state index in [0.29, 0.717) is 6.42 Å². The van der Waals surface area contributed by atoms with Crippen molar-refractivity contribution in [3.8, 4) is 0 Å². The van der Waals surface area contributed by atoms with E-state index in [9.17, 15) is 4.79 Å². The largest absolute Gasteiger partial charge is 0.481 e. The highest BCUT2D eigenvalue weighted by atomic mass is 16.4. The van der Waals surface area contributed by atoms with Crippen LogP contribution in [0.25, 0.3) is 0 Å². The van der Waals surface area contributed by atoms with Crippen LogP contribution in [0.1, 0.15) is 135 Å². The molecule has 0 fully saturated rings. The molecule has 0 aliphatic carbocycles. The normalized spacial score (nSPS) is 11.1. The quantitative estimate of drug-likeness (QED) is 0.242. The Labute approximate surface area is 193 Å². The number of unbranched alkanes of at least 4 members (excludes halogenated alkanes) is 14. The maximum atomic E-state index is 10.3. The molecule has 3 nitrogen and oxygen atoms in total. The predicted molar refractivity (Wildman–Crippen MR) is 136 cm³/mol. The zero-order valence-corrected chi connectivity index (χ0v) is 21.1. The minimum absolute atomic E-state index is 0.217. The van der Waals surface area contributed by atoms with Crippen molar-refractivity contribution in [2.45, 2.75) is 136 Å². The molecule has 0 radical (unpaired) electrons. The lowest BCUT2D eigenvalue weighted by atomic mass is 9.92. The molecule has 0 unspecified atom stereocenters. The SMILES string of the molecule is CCCCCCCCCCCCCCCCCC(=O)O.Cc1ccccc1C(C)(C)N. The van der Waals surface area contributed by atoms with Gasteiger partial charge in [0.2, 0.25) is 0 Å². The minimum atomic E-state index is -0.653. The molecule has 0 saturated carbocycles. The first-order valence-electron chi connectivity index (χ1n) is 12.9. The molecule has 1 rings (SSSR count). The van der Waals surface area contributed by atoms with Gasteiger partial charge >= 0.3 is 5.97 Å². The molecule has 3 N–H and O–H groups in total. The van der Waals surface area contributed by atoms with E-state index in [0.717, 1.165) is 12.8 Å². The number of hydrogen-bond donors (Lipinski definition) is 2. The third kappa shape index (κ3) is 19.1. The van der Waals surface area contributed by atoms with Gasteiger partial charge in [-0.25, -0.2) is 0 Å². The number of carboxylic acids is 1. The fourth-order valence-electron chi connectivity index (χ4n) is 3.94. The molecule has 0 atom stereocenters. The van der Waals surface area contributed by atoms with Crippen LogP contribution < -0.4 is 5.73 Å². The summed E-state index contributed by atoms with van der Waals surface area (Å²) in [7, 11) is 0. The average Bonchev–Trinajstić information content (AvgIpc) is 2.70. The van der Waals surface area contributed by atoms with Gasteiger partial charge in [0, 0.05) is 12.0 Å². The van der Waals surface area contributed by atoms with E-state index in [1.807, 2.05) is 26.0 Å². The van der Waals surface area contributed by atoms with Gasteiger partial charge in [0.05, 0.1) is 0 Å². The van der Waals surface area contributed by atoms with E-state index in [4.69, 9.17) is 10.8 Å². The predicted octanol–water partition coefficient (Wildman–Crippen LogP) is 8.52. The molecule has 0 saturated heterocycles. The monoisotopic (exact) mass is 433 g/mol. The second-order valence-electron chi connectivity index (χ2n) is 9.63. The maximum absolute atomic E-state index is 10.3. The lowest BCUT2D eigenvalue weighted by Gasteiger charge is -2.21. The van der Waals surface area contributed by atoms with Gasteiger partial charge in [0.25, 0.3) is 0 Å². The lowest BCUT2D eigenvalue weighted by Crippen LogP contribution is -2.29. The number of nitrogens with two attached hydrogens (primary N) is 1. The topological polar surface area (TPSA) is 63.3 Å². The van der Waals surface area contributed by atoms with Crippen molar-refractivity contribution in [3.63, 3.8) is 0 Å². The van der Waals surface area contributed by atoms with Gasteiger partial charge in [0.15, 0.2) is 0 Å². The van der Waals surface area contributed by atoms with Gasteiger partial charge in [0.1, 0.15) is 0 Å². The standard InChI is InChI=1S/C18H36O2.C10H15N/c1-2-3-4-5-6-7-8-9-10-11-12-13-14-15-16-17-18(19)20;1-8-6-4-5-7-9(8)10(2,3)11/h2-17H2,1H3,(H,19,20);4-7H,11H2,1-3H3. The molecule has 3 heteroatoms. The van der Waals surface area contributed by atoms with Gasteiger partial charge in [-0.2, -0.15) is 0 Å². The summed E-state index contributed by atoms with van der Waals surface area (Å²) in [6.07, 6.45) is 20.2. The van der Waals surface area contributed by atoms with Crippen LogP contribution in [-0.2, 0) is 10.3 Å². The van der Waals surface area contributed by atoms with Gasteiger partial charge in [-0.3, -0.25) is 4.79 Å². The molecule has 0 aliphatic rings. The van der Waals surface area contributed by atoms with Gasteiger partial charge in [-0.05, 0) is 38.3 Å². The van der Waals surface area contributed by atoms with Crippen molar-refractivity contribution in [1.29, 1.82) is 0 Å². The van der Waals surface area contributed by atoms with Crippen molar-refractivity contribution in [3.05, 3.63) is 35.4 Å². The second kappa shape index (κ2) is 19.3. The van der Waals surface area contributed by atoms with Crippen molar-refractivity contribution < 1.29 is 9.90 Å². The van der Waals surface area contributed by atoms with E-state index in [1.54, 1.807) is 0 Å². The van der Waals surface area contributed by atoms with Gasteiger partial charge < -0.3 is 10.8 Å². The van der Waals surface area contributed by atoms with Crippen molar-refractivity contribution in [1.82, 2.24) is 0 Å². The Morgan fingerprint density at radius 1 is 0.774 bits per heavy atom. The first-order valence-corrected chi connectivity index (χ1v) is 12.9. The number of rotatable bonds is 17. The average molecular weight is 434 g/mol. The van der Waals surface area contributed by atoms with E-state index in [1.165, 1.54) is 94.6 Å². The number of aliphatic carboxylic acids is 1. The third-order valence-electron chi connectivity index (χ3n) is 5.83. The molecule has 0 aromatic heterocycles. The Morgan fingerprint density at radius 2 is 1.16 bits per heavy atom. The smallest absolute Gasteiger partial charge is 0.303 e. The van der Waals surface area contributed by atoms with Gasteiger partial charge in [-0.1, -0.05) is 121 Å². The molecular weight excluding hydrogens is 382 g/mol. The van der Waals surface area contributed by atoms with Crippen molar-refractivity contribution >= 4 is 5.97 Å². The molecule has 0 spiro atoms. The zero-order chi connectivity index (χ0) is 23.4. The number of carbonyl (C=O) groups is 1. The highest BCUT2D eigenvalue weighted by Crippen LogP contribution is 2.19. The summed E-state index contributed by atoms with van der Waals surface area (Å²) in [6, 6.07) is 8.22. The zero-order valence-electron chi connectivity index (χ0n) is 21.1. The molecule has 0 bridgehead atoms. The number of benzene rings is 1. The summed E-state index contributed by atoms with van der Waals surface area (Å²) < 4.78 is 0. The van der Waals surface area contributed by atoms with Crippen LogP contribution in [0, 0.1) is 6.92 Å². The summed E-state index contributed by atoms with van der Waals surface area (Å²) in [5.41, 5.74) is 8.23. The van der Waals surface area contributed by atoms with E-state index < -0.39 is 5.97 Å². The highest BCUT2D eigenvalue weighted by molar-refractivity contribution is 5.66. The van der Waals surface area contributed by atoms with Crippen LogP contribution in [-0.4, -0.2) is 11.1 Å². The Bertz CT molecular complexity index is 548. The van der Waals surface area contributed by atoms with Crippen LogP contribution in [0.5, 0.6) is 0 Å². The van der Waals surface area contributed by atoms with Crippen LogP contribution in [0.15, 0.2) is 24.3 Å². The van der Waals surface area contributed by atoms with Crippen LogP contribution in [0.3, 0.4) is 0 Å². The fraction of sp³-hybridized carbons (Fsp3) is 0.750. The molecule has 0 heterocycles. The lowest BCUT2D eigenvalue weighted by molar-refractivity contribution is -0.137. The van der Waals surface area contributed by atoms with Crippen LogP contribution in [0.4, 0.5) is 0 Å². The number of carboxylic acid groups (broad SMARTS) is 1. The summed E-state index contributed by atoms with van der Waals surface area (Å²) in [5, 5.41) is 8.52. The first kappa shape index (κ1) is 29.7. The summed E-state index contributed by atoms with van der Waals surface area (Å²) in [4.78, 5) is 10.3. The highest BCUT2D eigenvalue weighted by Gasteiger charge is 2.14. The Kier molecular flexibility index (Phi) is 18.5. The van der Waals surface area contributed by atoms with E-state index in [2.05, 4.69) is 26.0 Å². The first-order chi connectivity index (χ1) is 14.8. The second-order valence-corrected chi connectivity index (χ2v) is 9.63. The molecule has 180 valence electrons. The Morgan fingerprint density at radius 3 is 1.48 bits per heavy atom. The molecule has 31 heavy (non-hydrogen) atoms. The molecular formula is C28H51NO2. The Balaban J connectivity index is 0.000000683. The fourth-order valence-corrected chi connectivity index (χ4v) is 3.94. The van der Waals surface area contributed by atoms with Crippen LogP contribution in [0.2, 0.25) is 0 Å². The maximum Gasteiger partial charge on any atom is 0.303 e. The van der Waals surface area contributed by atoms with Gasteiger partial charge in [-0.15, -0.1) is 0 Å². The van der Waals surface area contributed by atoms with Crippen molar-refractivity contribution in [2.24, 2.45) is 5.73 Å². The van der Waals surface area contributed by atoms with Crippen LogP contribution >= 0.6 is 0 Å². The van der Waals surface area contributed by atoms with Crippen molar-refractivity contribution in [2.75, 3.05) is 0 Å². The Hall–Kier alpha value is -1.35. The van der Waals surface area contributed by atoms with E-state index >= 15 is 0 Å². The molecule has 1 aromatic carbocycles. The number of hydrogen-bond acceptors (Lipinski definition) is 2.